The molecule has 0 saturated carbocycles. The number of likely N-dealkylation sites (tertiary alicyclic amines) is 1. The van der Waals surface area contributed by atoms with Crippen molar-refractivity contribution >= 4 is 17.6 Å². The van der Waals surface area contributed by atoms with E-state index in [0.717, 1.165) is 31.0 Å². The van der Waals surface area contributed by atoms with Gasteiger partial charge in [0.2, 0.25) is 11.7 Å². The highest BCUT2D eigenvalue weighted by atomic mass is 35.5. The summed E-state index contributed by atoms with van der Waals surface area (Å²) in [5.41, 5.74) is 0.824. The van der Waals surface area contributed by atoms with Crippen molar-refractivity contribution in [2.75, 3.05) is 20.1 Å². The molecule has 0 aliphatic carbocycles. The molecular weight excluding hydrogens is 390 g/mol. The predicted molar refractivity (Wildman–Crippen MR) is 112 cm³/mol. The quantitative estimate of drug-likeness (QED) is 0.522. The Morgan fingerprint density at radius 3 is 3.07 bits per heavy atom. The van der Waals surface area contributed by atoms with E-state index in [1.54, 1.807) is 7.05 Å². The molecule has 2 atom stereocenters. The van der Waals surface area contributed by atoms with Gasteiger partial charge in [0.05, 0.1) is 18.9 Å². The summed E-state index contributed by atoms with van der Waals surface area (Å²) in [5, 5.41) is 8.03. The number of benzene rings is 1. The molecule has 1 aliphatic heterocycles. The minimum absolute atomic E-state index is 0.364. The Bertz CT molecular complexity index is 969. The number of hydrogen-bond acceptors (Lipinski definition) is 5. The molecule has 0 bridgehead atoms. The summed E-state index contributed by atoms with van der Waals surface area (Å²) < 4.78 is 7.57. The number of rotatable bonds is 4. The molecule has 0 amide bonds. The van der Waals surface area contributed by atoms with Gasteiger partial charge in [0.15, 0.2) is 5.96 Å². The number of aliphatic imine (C=N–C) groups is 1. The fraction of sp³-hybridized carbons (Fsp3) is 0.400. The van der Waals surface area contributed by atoms with E-state index in [0.29, 0.717) is 35.2 Å². The summed E-state index contributed by atoms with van der Waals surface area (Å²) in [5.74, 6) is 2.42. The van der Waals surface area contributed by atoms with Gasteiger partial charge in [-0.15, -0.1) is 0 Å². The normalized spacial score (nSPS) is 20.1. The Labute approximate surface area is 174 Å². The standard InChI is InChI=1S/C20H24ClN7O/c1-14-6-8-27(12-17(14)28-9-7-23-13-28)20(22-2)24-11-18-25-19(26-29-18)15-4-3-5-16(21)10-15/h3-5,7,9-10,13-14,17H,6,8,11-12H2,1-2H3,(H,22,24). The first-order chi connectivity index (χ1) is 14.1. The van der Waals surface area contributed by atoms with Crippen LogP contribution in [0, 0.1) is 5.92 Å². The fourth-order valence-corrected chi connectivity index (χ4v) is 3.84. The minimum Gasteiger partial charge on any atom is -0.347 e. The zero-order valence-electron chi connectivity index (χ0n) is 16.5. The van der Waals surface area contributed by atoms with Gasteiger partial charge in [-0.25, -0.2) is 4.98 Å². The monoisotopic (exact) mass is 413 g/mol. The van der Waals surface area contributed by atoms with E-state index < -0.39 is 0 Å². The van der Waals surface area contributed by atoms with Crippen molar-refractivity contribution in [3.63, 3.8) is 0 Å². The van der Waals surface area contributed by atoms with Crippen LogP contribution in [0.2, 0.25) is 5.02 Å². The molecule has 1 saturated heterocycles. The van der Waals surface area contributed by atoms with E-state index >= 15 is 0 Å². The zero-order chi connectivity index (χ0) is 20.2. The van der Waals surface area contributed by atoms with Crippen LogP contribution in [0.15, 0.2) is 52.5 Å². The van der Waals surface area contributed by atoms with E-state index in [2.05, 4.69) is 41.8 Å². The molecule has 2 unspecified atom stereocenters. The molecule has 3 heterocycles. The molecule has 1 N–H and O–H groups in total. The average Bonchev–Trinajstić information content (AvgIpc) is 3.42. The number of guanidine groups is 1. The van der Waals surface area contributed by atoms with E-state index in [1.165, 1.54) is 0 Å². The van der Waals surface area contributed by atoms with Crippen LogP contribution in [-0.2, 0) is 6.54 Å². The largest absolute Gasteiger partial charge is 0.347 e. The van der Waals surface area contributed by atoms with Crippen LogP contribution in [0.4, 0.5) is 0 Å². The van der Waals surface area contributed by atoms with Crippen molar-refractivity contribution in [2.24, 2.45) is 10.9 Å². The molecular formula is C20H24ClN7O. The Balaban J connectivity index is 1.40. The van der Waals surface area contributed by atoms with Crippen LogP contribution in [0.1, 0.15) is 25.3 Å². The van der Waals surface area contributed by atoms with Gasteiger partial charge in [-0.2, -0.15) is 4.98 Å². The third-order valence-corrected chi connectivity index (χ3v) is 5.52. The van der Waals surface area contributed by atoms with Crippen LogP contribution in [0.25, 0.3) is 11.4 Å². The van der Waals surface area contributed by atoms with Gasteiger partial charge in [0.25, 0.3) is 0 Å². The van der Waals surface area contributed by atoms with E-state index in [9.17, 15) is 0 Å². The first-order valence-electron chi connectivity index (χ1n) is 9.65. The maximum absolute atomic E-state index is 6.04. The lowest BCUT2D eigenvalue weighted by Crippen LogP contribution is -2.48. The second-order valence-electron chi connectivity index (χ2n) is 7.21. The molecule has 29 heavy (non-hydrogen) atoms. The maximum atomic E-state index is 6.04. The molecule has 1 fully saturated rings. The molecule has 3 aromatic rings. The number of nitrogens with zero attached hydrogens (tertiary/aromatic N) is 6. The summed E-state index contributed by atoms with van der Waals surface area (Å²) in [6.45, 7) is 4.51. The summed E-state index contributed by atoms with van der Waals surface area (Å²) in [7, 11) is 1.79. The van der Waals surface area contributed by atoms with Crippen molar-refractivity contribution in [2.45, 2.75) is 25.9 Å². The van der Waals surface area contributed by atoms with Gasteiger partial charge < -0.3 is 19.3 Å². The van der Waals surface area contributed by atoms with Gasteiger partial charge in [-0.05, 0) is 24.5 Å². The number of hydrogen-bond donors (Lipinski definition) is 1. The fourth-order valence-electron chi connectivity index (χ4n) is 3.65. The molecule has 9 heteroatoms. The maximum Gasteiger partial charge on any atom is 0.246 e. The minimum atomic E-state index is 0.364. The van der Waals surface area contributed by atoms with E-state index in [4.69, 9.17) is 16.1 Å². The Morgan fingerprint density at radius 1 is 1.41 bits per heavy atom. The predicted octanol–water partition coefficient (Wildman–Crippen LogP) is 3.25. The number of imidazole rings is 1. The van der Waals surface area contributed by atoms with Crippen molar-refractivity contribution in [3.05, 3.63) is 53.9 Å². The number of nitrogens with one attached hydrogen (secondary N) is 1. The van der Waals surface area contributed by atoms with Crippen LogP contribution >= 0.6 is 11.6 Å². The molecule has 152 valence electrons. The molecule has 4 rings (SSSR count). The van der Waals surface area contributed by atoms with Crippen LogP contribution in [-0.4, -0.2) is 50.7 Å². The lowest BCUT2D eigenvalue weighted by molar-refractivity contribution is 0.188. The number of halogens is 1. The third-order valence-electron chi connectivity index (χ3n) is 5.29. The molecule has 1 aromatic carbocycles. The van der Waals surface area contributed by atoms with Gasteiger partial charge in [0, 0.05) is 43.1 Å². The van der Waals surface area contributed by atoms with Crippen LogP contribution in [0.5, 0.6) is 0 Å². The zero-order valence-corrected chi connectivity index (χ0v) is 17.3. The lowest BCUT2D eigenvalue weighted by Gasteiger charge is -2.39. The van der Waals surface area contributed by atoms with Crippen molar-refractivity contribution in [3.8, 4) is 11.4 Å². The molecule has 8 nitrogen and oxygen atoms in total. The van der Waals surface area contributed by atoms with Crippen molar-refractivity contribution < 1.29 is 4.52 Å². The van der Waals surface area contributed by atoms with E-state index in [-0.39, 0.29) is 0 Å². The molecule has 0 radical (unpaired) electrons. The Morgan fingerprint density at radius 2 is 2.31 bits per heavy atom. The molecule has 2 aromatic heterocycles. The summed E-state index contributed by atoms with van der Waals surface area (Å²) in [4.78, 5) is 15.4. The van der Waals surface area contributed by atoms with Crippen molar-refractivity contribution in [1.29, 1.82) is 0 Å². The molecule has 0 spiro atoms. The third kappa shape index (κ3) is 4.42. The average molecular weight is 414 g/mol. The topological polar surface area (TPSA) is 84.4 Å². The Hall–Kier alpha value is -2.87. The first kappa shape index (κ1) is 19.4. The van der Waals surface area contributed by atoms with Gasteiger partial charge in [0.1, 0.15) is 0 Å². The Kier molecular flexibility index (Phi) is 5.80. The van der Waals surface area contributed by atoms with Crippen molar-refractivity contribution in [1.82, 2.24) is 29.9 Å². The smallest absolute Gasteiger partial charge is 0.246 e. The second kappa shape index (κ2) is 8.65. The first-order valence-corrected chi connectivity index (χ1v) is 10.0. The summed E-state index contributed by atoms with van der Waals surface area (Å²) >= 11 is 6.04. The molecule has 1 aliphatic rings. The van der Waals surface area contributed by atoms with E-state index in [1.807, 2.05) is 43.0 Å². The SMILES string of the molecule is CN=C(NCc1nc(-c2cccc(Cl)c2)no1)N1CCC(C)C(n2ccnc2)C1. The van der Waals surface area contributed by atoms with Crippen LogP contribution in [0.3, 0.4) is 0 Å². The highest BCUT2D eigenvalue weighted by molar-refractivity contribution is 6.30. The van der Waals surface area contributed by atoms with Gasteiger partial charge >= 0.3 is 0 Å². The number of piperidine rings is 1. The van der Waals surface area contributed by atoms with Gasteiger partial charge in [-0.3, -0.25) is 4.99 Å². The van der Waals surface area contributed by atoms with Crippen LogP contribution < -0.4 is 5.32 Å². The number of aromatic nitrogens is 4. The highest BCUT2D eigenvalue weighted by Gasteiger charge is 2.29. The summed E-state index contributed by atoms with van der Waals surface area (Å²) in [6, 6.07) is 7.75. The summed E-state index contributed by atoms with van der Waals surface area (Å²) in [6.07, 6.45) is 6.82. The lowest BCUT2D eigenvalue weighted by atomic mass is 9.93. The highest BCUT2D eigenvalue weighted by Crippen LogP contribution is 2.27. The van der Waals surface area contributed by atoms with Gasteiger partial charge in [-0.1, -0.05) is 35.8 Å². The second-order valence-corrected chi connectivity index (χ2v) is 7.65.